The highest BCUT2D eigenvalue weighted by molar-refractivity contribution is 6.31. The Labute approximate surface area is 155 Å². The average molecular weight is 377 g/mol. The van der Waals surface area contributed by atoms with E-state index >= 15 is 0 Å². The molecule has 2 aromatic carbocycles. The maximum Gasteiger partial charge on any atom is 0.405 e. The third-order valence-electron chi connectivity index (χ3n) is 4.66. The van der Waals surface area contributed by atoms with E-state index in [4.69, 9.17) is 16.7 Å². The molecule has 2 aromatic rings. The van der Waals surface area contributed by atoms with Crippen molar-refractivity contribution in [3.05, 3.63) is 70.0 Å². The van der Waals surface area contributed by atoms with Crippen molar-refractivity contribution in [1.29, 1.82) is 0 Å². The van der Waals surface area contributed by atoms with Crippen LogP contribution in [-0.4, -0.2) is 23.1 Å². The second kappa shape index (κ2) is 7.33. The highest BCUT2D eigenvalue weighted by atomic mass is 35.5. The van der Waals surface area contributed by atoms with Crippen LogP contribution in [0.3, 0.4) is 0 Å². The predicted molar refractivity (Wildman–Crippen MR) is 95.8 cm³/mol. The molecule has 0 saturated carbocycles. The Balaban J connectivity index is 1.78. The lowest BCUT2D eigenvalue weighted by Crippen LogP contribution is -2.45. The van der Waals surface area contributed by atoms with Crippen LogP contribution in [0.4, 0.5) is 9.18 Å². The zero-order chi connectivity index (χ0) is 18.8. The van der Waals surface area contributed by atoms with Gasteiger partial charge in [0.15, 0.2) is 0 Å². The first-order valence-electron chi connectivity index (χ1n) is 8.19. The highest BCUT2D eigenvalue weighted by Crippen LogP contribution is 2.32. The summed E-state index contributed by atoms with van der Waals surface area (Å²) in [5.41, 5.74) is 2.36. The minimum absolute atomic E-state index is 0.183. The van der Waals surface area contributed by atoms with Crippen LogP contribution in [0.2, 0.25) is 5.02 Å². The Kier molecular flexibility index (Phi) is 5.13. The van der Waals surface area contributed by atoms with Crippen molar-refractivity contribution in [2.24, 2.45) is 0 Å². The number of carboxylic acid groups (broad SMARTS) is 1. The van der Waals surface area contributed by atoms with Crippen molar-refractivity contribution < 1.29 is 19.1 Å². The lowest BCUT2D eigenvalue weighted by atomic mass is 9.99. The van der Waals surface area contributed by atoms with Gasteiger partial charge in [-0.1, -0.05) is 41.9 Å². The largest absolute Gasteiger partial charge is 0.465 e. The highest BCUT2D eigenvalue weighted by Gasteiger charge is 2.35. The van der Waals surface area contributed by atoms with Crippen LogP contribution in [0.1, 0.15) is 35.6 Å². The third kappa shape index (κ3) is 3.65. The number of carbonyl (C=O) groups excluding carboxylic acids is 1. The predicted octanol–water partition coefficient (Wildman–Crippen LogP) is 3.63. The number of benzene rings is 2. The molecule has 0 radical (unpaired) electrons. The van der Waals surface area contributed by atoms with Gasteiger partial charge >= 0.3 is 6.09 Å². The molecule has 1 unspecified atom stereocenters. The van der Waals surface area contributed by atoms with Crippen molar-refractivity contribution in [3.63, 3.8) is 0 Å². The Morgan fingerprint density at radius 1 is 1.23 bits per heavy atom. The van der Waals surface area contributed by atoms with Gasteiger partial charge in [-0.15, -0.1) is 0 Å². The van der Waals surface area contributed by atoms with E-state index in [0.29, 0.717) is 12.0 Å². The van der Waals surface area contributed by atoms with Gasteiger partial charge in [0.25, 0.3) is 0 Å². The summed E-state index contributed by atoms with van der Waals surface area (Å²) in [6.07, 6.45) is -0.628. The molecule has 0 fully saturated rings. The number of fused-ring (bicyclic) bond motifs is 1. The van der Waals surface area contributed by atoms with Crippen molar-refractivity contribution in [3.8, 4) is 0 Å². The standard InChI is InChI=1S/C19H18ClFN2O3/c1-10(13-7-6-12(21)9-15(13)20)18(24)22-16-8-11-4-2-3-5-14(11)17(16)23-19(25)26/h2-7,9-10,16-17,23H,8H2,1H3,(H,22,24)(H,25,26)/t10?,16-,17-/m0/s1. The SMILES string of the molecule is CC(C(=O)N[C@H]1Cc2ccccc2[C@@H]1NC(=O)O)c1ccc(F)cc1Cl. The summed E-state index contributed by atoms with van der Waals surface area (Å²) >= 11 is 6.05. The van der Waals surface area contributed by atoms with Gasteiger partial charge in [0.05, 0.1) is 18.0 Å². The minimum atomic E-state index is -1.15. The summed E-state index contributed by atoms with van der Waals surface area (Å²) in [7, 11) is 0. The van der Waals surface area contributed by atoms with Crippen LogP contribution >= 0.6 is 11.6 Å². The van der Waals surface area contributed by atoms with Gasteiger partial charge in [-0.2, -0.15) is 0 Å². The van der Waals surface area contributed by atoms with E-state index in [-0.39, 0.29) is 10.9 Å². The molecule has 2 amide bonds. The summed E-state index contributed by atoms with van der Waals surface area (Å²) in [5.74, 6) is -1.37. The molecule has 7 heteroatoms. The van der Waals surface area contributed by atoms with E-state index in [1.54, 1.807) is 6.92 Å². The normalized spacial score (nSPS) is 19.5. The molecule has 3 N–H and O–H groups in total. The molecule has 5 nitrogen and oxygen atoms in total. The minimum Gasteiger partial charge on any atom is -0.465 e. The lowest BCUT2D eigenvalue weighted by Gasteiger charge is -2.24. The Bertz CT molecular complexity index is 858. The summed E-state index contributed by atoms with van der Waals surface area (Å²) in [6.45, 7) is 1.68. The Morgan fingerprint density at radius 3 is 2.65 bits per heavy atom. The van der Waals surface area contributed by atoms with Gasteiger partial charge in [-0.05, 0) is 42.2 Å². The van der Waals surface area contributed by atoms with Crippen molar-refractivity contribution in [2.45, 2.75) is 31.3 Å². The van der Waals surface area contributed by atoms with Crippen LogP contribution in [0.25, 0.3) is 0 Å². The smallest absolute Gasteiger partial charge is 0.405 e. The van der Waals surface area contributed by atoms with E-state index in [1.807, 2.05) is 24.3 Å². The fraction of sp³-hybridized carbons (Fsp3) is 0.263. The van der Waals surface area contributed by atoms with Crippen molar-refractivity contribution in [2.75, 3.05) is 0 Å². The molecule has 3 atom stereocenters. The molecular formula is C19H18ClFN2O3. The van der Waals surface area contributed by atoms with Gasteiger partial charge in [0, 0.05) is 5.02 Å². The maximum absolute atomic E-state index is 13.2. The van der Waals surface area contributed by atoms with Crippen molar-refractivity contribution in [1.82, 2.24) is 10.6 Å². The Hall–Kier alpha value is -2.60. The third-order valence-corrected chi connectivity index (χ3v) is 4.99. The number of rotatable bonds is 4. The first kappa shape index (κ1) is 18.2. The zero-order valence-corrected chi connectivity index (χ0v) is 14.8. The molecule has 0 bridgehead atoms. The molecule has 0 heterocycles. The number of hydrogen-bond acceptors (Lipinski definition) is 2. The quantitative estimate of drug-likeness (QED) is 0.762. The summed E-state index contributed by atoms with van der Waals surface area (Å²) in [6, 6.07) is 10.5. The van der Waals surface area contributed by atoms with Gasteiger partial charge in [0.1, 0.15) is 5.82 Å². The summed E-state index contributed by atoms with van der Waals surface area (Å²) in [5, 5.41) is 14.7. The van der Waals surface area contributed by atoms with E-state index < -0.39 is 29.9 Å². The van der Waals surface area contributed by atoms with E-state index in [2.05, 4.69) is 10.6 Å². The van der Waals surface area contributed by atoms with Gasteiger partial charge in [-0.3, -0.25) is 4.79 Å². The number of nitrogens with one attached hydrogen (secondary N) is 2. The monoisotopic (exact) mass is 376 g/mol. The molecule has 1 aliphatic rings. The average Bonchev–Trinajstić information content (AvgIpc) is 2.91. The Morgan fingerprint density at radius 2 is 1.96 bits per heavy atom. The molecular weight excluding hydrogens is 359 g/mol. The molecule has 136 valence electrons. The number of carbonyl (C=O) groups is 2. The molecule has 0 spiro atoms. The summed E-state index contributed by atoms with van der Waals surface area (Å²) in [4.78, 5) is 23.8. The van der Waals surface area contributed by atoms with Gasteiger partial charge in [0.2, 0.25) is 5.91 Å². The number of amides is 2. The molecule has 1 aliphatic carbocycles. The first-order valence-corrected chi connectivity index (χ1v) is 8.57. The van der Waals surface area contributed by atoms with Crippen LogP contribution in [0.5, 0.6) is 0 Å². The van der Waals surface area contributed by atoms with E-state index in [0.717, 1.165) is 11.1 Å². The molecule has 26 heavy (non-hydrogen) atoms. The van der Waals surface area contributed by atoms with Gasteiger partial charge < -0.3 is 15.7 Å². The topological polar surface area (TPSA) is 78.4 Å². The van der Waals surface area contributed by atoms with Crippen LogP contribution in [0, 0.1) is 5.82 Å². The number of halogens is 2. The molecule has 0 saturated heterocycles. The van der Waals surface area contributed by atoms with Gasteiger partial charge in [-0.25, -0.2) is 9.18 Å². The molecule has 0 aliphatic heterocycles. The lowest BCUT2D eigenvalue weighted by molar-refractivity contribution is -0.123. The second-order valence-corrected chi connectivity index (χ2v) is 6.74. The van der Waals surface area contributed by atoms with Crippen LogP contribution in [0.15, 0.2) is 42.5 Å². The van der Waals surface area contributed by atoms with E-state index in [1.165, 1.54) is 18.2 Å². The maximum atomic E-state index is 13.2. The van der Waals surface area contributed by atoms with Crippen LogP contribution < -0.4 is 10.6 Å². The first-order chi connectivity index (χ1) is 12.4. The fourth-order valence-corrected chi connectivity index (χ4v) is 3.67. The molecule has 3 rings (SSSR count). The van der Waals surface area contributed by atoms with Crippen LogP contribution in [-0.2, 0) is 11.2 Å². The van der Waals surface area contributed by atoms with E-state index in [9.17, 15) is 14.0 Å². The zero-order valence-electron chi connectivity index (χ0n) is 14.0. The fourth-order valence-electron chi connectivity index (χ4n) is 3.34. The second-order valence-electron chi connectivity index (χ2n) is 6.33. The van der Waals surface area contributed by atoms with Crippen molar-refractivity contribution >= 4 is 23.6 Å². The number of hydrogen-bond donors (Lipinski definition) is 3. The summed E-state index contributed by atoms with van der Waals surface area (Å²) < 4.78 is 13.2. The molecule has 0 aromatic heterocycles.